The molecular formula is C24H28Cl2N4O5S. The number of nitrogens with zero attached hydrogens (tertiary/aromatic N) is 3. The van der Waals surface area contributed by atoms with E-state index in [0.29, 0.717) is 5.02 Å². The van der Waals surface area contributed by atoms with Crippen molar-refractivity contribution in [1.82, 2.24) is 14.1 Å². The number of amides is 2. The first kappa shape index (κ1) is 26.7. The van der Waals surface area contributed by atoms with Crippen molar-refractivity contribution in [1.29, 1.82) is 0 Å². The first-order valence-corrected chi connectivity index (χ1v) is 13.6. The molecule has 9 nitrogen and oxygen atoms in total. The predicted molar refractivity (Wildman–Crippen MR) is 136 cm³/mol. The van der Waals surface area contributed by atoms with E-state index in [-0.39, 0.29) is 47.1 Å². The van der Waals surface area contributed by atoms with Gasteiger partial charge in [-0.05, 0) is 49.7 Å². The number of nitrogens with two attached hydrogens (primary N) is 1. The number of ether oxygens (including phenoxy) is 1. The molecule has 2 amide bonds. The summed E-state index contributed by atoms with van der Waals surface area (Å²) in [7, 11) is -2.86. The molecule has 3 atom stereocenters. The Hall–Kier alpha value is -2.37. The van der Waals surface area contributed by atoms with Gasteiger partial charge in [0.05, 0.1) is 19.7 Å². The van der Waals surface area contributed by atoms with Gasteiger partial charge in [0.15, 0.2) is 0 Å². The fourth-order valence-corrected chi connectivity index (χ4v) is 6.86. The average molecular weight is 555 g/mol. The third-order valence-corrected chi connectivity index (χ3v) is 8.92. The quantitative estimate of drug-likeness (QED) is 0.586. The maximum Gasteiger partial charge on any atom is 0.248 e. The Balaban J connectivity index is 1.81. The summed E-state index contributed by atoms with van der Waals surface area (Å²) in [5.74, 6) is -0.627. The minimum absolute atomic E-state index is 0.00812. The molecule has 0 saturated carbocycles. The Morgan fingerprint density at radius 2 is 1.67 bits per heavy atom. The van der Waals surface area contributed by atoms with Crippen LogP contribution in [0.5, 0.6) is 5.75 Å². The van der Waals surface area contributed by atoms with Gasteiger partial charge in [-0.25, -0.2) is 8.42 Å². The lowest BCUT2D eigenvalue weighted by Crippen LogP contribution is -2.75. The van der Waals surface area contributed by atoms with Crippen LogP contribution in [0.1, 0.15) is 19.4 Å². The van der Waals surface area contributed by atoms with Crippen LogP contribution in [0, 0.1) is 0 Å². The van der Waals surface area contributed by atoms with E-state index in [1.54, 1.807) is 29.2 Å². The maximum atomic E-state index is 14.0. The maximum absolute atomic E-state index is 14.0. The van der Waals surface area contributed by atoms with Crippen molar-refractivity contribution in [3.8, 4) is 5.75 Å². The molecule has 0 spiro atoms. The van der Waals surface area contributed by atoms with Crippen molar-refractivity contribution in [2.75, 3.05) is 20.2 Å². The van der Waals surface area contributed by atoms with Crippen LogP contribution < -0.4 is 10.5 Å². The molecule has 2 heterocycles. The number of carbonyl (C=O) groups is 2. The Kier molecular flexibility index (Phi) is 7.55. The Morgan fingerprint density at radius 1 is 1.03 bits per heavy atom. The molecule has 12 heteroatoms. The number of piperazine rings is 1. The molecular weight excluding hydrogens is 527 g/mol. The summed E-state index contributed by atoms with van der Waals surface area (Å²) in [4.78, 5) is 29.7. The number of benzene rings is 2. The van der Waals surface area contributed by atoms with Crippen molar-refractivity contribution in [2.45, 2.75) is 49.5 Å². The third kappa shape index (κ3) is 4.80. The lowest BCUT2D eigenvalue weighted by atomic mass is 9.96. The zero-order valence-electron chi connectivity index (χ0n) is 20.1. The van der Waals surface area contributed by atoms with Crippen LogP contribution in [-0.4, -0.2) is 78.8 Å². The lowest BCUT2D eigenvalue weighted by molar-refractivity contribution is -0.167. The second-order valence-corrected chi connectivity index (χ2v) is 11.9. The zero-order valence-corrected chi connectivity index (χ0v) is 22.4. The molecule has 4 rings (SSSR count). The van der Waals surface area contributed by atoms with Crippen LogP contribution >= 0.6 is 23.2 Å². The number of fused-ring (bicyclic) bond motifs is 1. The molecule has 2 aliphatic heterocycles. The standard InChI is InChI=1S/C24H28Cl2N4O5S/c1-14(2)28-13-22-29(36(33,34)21-11-17(26)8-9-20(21)35-3)12-18(27)23(31)30(22)19(24(28)32)10-15-4-6-16(25)7-5-15/h4-9,11,14,18-19,22H,10,12-13,27H2,1-3H3. The highest BCUT2D eigenvalue weighted by molar-refractivity contribution is 7.89. The molecule has 36 heavy (non-hydrogen) atoms. The largest absolute Gasteiger partial charge is 0.495 e. The van der Waals surface area contributed by atoms with E-state index in [0.717, 1.165) is 5.56 Å². The zero-order chi connectivity index (χ0) is 26.4. The van der Waals surface area contributed by atoms with Gasteiger partial charge in [-0.15, -0.1) is 0 Å². The summed E-state index contributed by atoms with van der Waals surface area (Å²) >= 11 is 12.1. The molecule has 0 aromatic heterocycles. The topological polar surface area (TPSA) is 113 Å². The van der Waals surface area contributed by atoms with E-state index in [2.05, 4.69) is 0 Å². The summed E-state index contributed by atoms with van der Waals surface area (Å²) in [6, 6.07) is 8.95. The number of hydrogen-bond donors (Lipinski definition) is 1. The normalized spacial score (nSPS) is 23.2. The van der Waals surface area contributed by atoms with Gasteiger partial charge in [0, 0.05) is 29.1 Å². The predicted octanol–water partition coefficient (Wildman–Crippen LogP) is 2.35. The number of methoxy groups -OCH3 is 1. The molecule has 0 aliphatic carbocycles. The molecule has 194 valence electrons. The van der Waals surface area contributed by atoms with Crippen LogP contribution in [0.15, 0.2) is 47.4 Å². The molecule has 0 radical (unpaired) electrons. The number of carbonyl (C=O) groups excluding carboxylic acids is 2. The van der Waals surface area contributed by atoms with E-state index in [4.69, 9.17) is 33.7 Å². The van der Waals surface area contributed by atoms with E-state index >= 15 is 0 Å². The highest BCUT2D eigenvalue weighted by Gasteiger charge is 2.53. The minimum atomic E-state index is -4.23. The fourth-order valence-electron chi connectivity index (χ4n) is 4.72. The van der Waals surface area contributed by atoms with Crippen molar-refractivity contribution in [3.05, 3.63) is 58.1 Å². The Morgan fingerprint density at radius 3 is 2.28 bits per heavy atom. The molecule has 2 fully saturated rings. The monoisotopic (exact) mass is 554 g/mol. The van der Waals surface area contributed by atoms with Gasteiger partial charge in [-0.3, -0.25) is 9.59 Å². The average Bonchev–Trinajstić information content (AvgIpc) is 2.83. The SMILES string of the molecule is COc1ccc(Cl)cc1S(=O)(=O)N1CC(N)C(=O)N2C(Cc3ccc(Cl)cc3)C(=O)N(C(C)C)CC21. The van der Waals surface area contributed by atoms with Crippen LogP contribution in [0.25, 0.3) is 0 Å². The summed E-state index contributed by atoms with van der Waals surface area (Å²) < 4.78 is 34.4. The van der Waals surface area contributed by atoms with Gasteiger partial charge in [-0.2, -0.15) is 4.31 Å². The second-order valence-electron chi connectivity index (χ2n) is 9.13. The van der Waals surface area contributed by atoms with Crippen LogP contribution in [0.3, 0.4) is 0 Å². The van der Waals surface area contributed by atoms with E-state index in [1.807, 2.05) is 13.8 Å². The molecule has 2 N–H and O–H groups in total. The summed E-state index contributed by atoms with van der Waals surface area (Å²) in [5.41, 5.74) is 6.95. The first-order valence-electron chi connectivity index (χ1n) is 11.4. The minimum Gasteiger partial charge on any atom is -0.495 e. The van der Waals surface area contributed by atoms with E-state index in [9.17, 15) is 18.0 Å². The number of hydrogen-bond acceptors (Lipinski definition) is 6. The van der Waals surface area contributed by atoms with Gasteiger partial charge >= 0.3 is 0 Å². The highest BCUT2D eigenvalue weighted by Crippen LogP contribution is 2.35. The van der Waals surface area contributed by atoms with Crippen LogP contribution in [-0.2, 0) is 26.0 Å². The molecule has 2 aromatic carbocycles. The highest BCUT2D eigenvalue weighted by atomic mass is 35.5. The second kappa shape index (κ2) is 10.2. The van der Waals surface area contributed by atoms with Crippen molar-refractivity contribution >= 4 is 45.0 Å². The Labute approximate surface area is 220 Å². The summed E-state index contributed by atoms with van der Waals surface area (Å²) in [6.07, 6.45) is -0.772. The van der Waals surface area contributed by atoms with Gasteiger partial charge in [-0.1, -0.05) is 35.3 Å². The molecule has 2 aliphatic rings. The van der Waals surface area contributed by atoms with Gasteiger partial charge in [0.1, 0.15) is 22.9 Å². The fraction of sp³-hybridized carbons (Fsp3) is 0.417. The molecule has 2 saturated heterocycles. The van der Waals surface area contributed by atoms with E-state index in [1.165, 1.54) is 34.5 Å². The molecule has 2 aromatic rings. The van der Waals surface area contributed by atoms with E-state index < -0.39 is 34.2 Å². The van der Waals surface area contributed by atoms with Gasteiger partial charge in [0.25, 0.3) is 0 Å². The van der Waals surface area contributed by atoms with Crippen molar-refractivity contribution in [2.24, 2.45) is 5.73 Å². The van der Waals surface area contributed by atoms with Crippen LogP contribution in [0.2, 0.25) is 10.0 Å². The number of rotatable bonds is 6. The van der Waals surface area contributed by atoms with Crippen LogP contribution in [0.4, 0.5) is 0 Å². The van der Waals surface area contributed by atoms with Crippen molar-refractivity contribution in [3.63, 3.8) is 0 Å². The van der Waals surface area contributed by atoms with Gasteiger partial charge < -0.3 is 20.3 Å². The molecule has 0 bridgehead atoms. The number of halogens is 2. The number of sulfonamides is 1. The molecule has 3 unspecified atom stereocenters. The summed E-state index contributed by atoms with van der Waals surface area (Å²) in [5, 5.41) is 0.756. The first-order chi connectivity index (χ1) is 16.9. The smallest absolute Gasteiger partial charge is 0.248 e. The Bertz CT molecular complexity index is 1270. The van der Waals surface area contributed by atoms with Gasteiger partial charge in [0.2, 0.25) is 21.8 Å². The lowest BCUT2D eigenvalue weighted by Gasteiger charge is -2.53. The van der Waals surface area contributed by atoms with Crippen molar-refractivity contribution < 1.29 is 22.7 Å². The third-order valence-electron chi connectivity index (χ3n) is 6.54. The summed E-state index contributed by atoms with van der Waals surface area (Å²) in [6.45, 7) is 3.46.